The number of carboxylic acid groups (broad SMARTS) is 1. The van der Waals surface area contributed by atoms with Crippen molar-refractivity contribution in [1.29, 1.82) is 0 Å². The van der Waals surface area contributed by atoms with Gasteiger partial charge in [-0.2, -0.15) is 0 Å². The number of urea groups is 1. The van der Waals surface area contributed by atoms with Gasteiger partial charge in [-0.1, -0.05) is 0 Å². The molecule has 0 aliphatic rings. The summed E-state index contributed by atoms with van der Waals surface area (Å²) < 4.78 is 4.40. The zero-order valence-electron chi connectivity index (χ0n) is 9.75. The first-order valence-corrected chi connectivity index (χ1v) is 5.15. The van der Waals surface area contributed by atoms with Gasteiger partial charge in [-0.15, -0.1) is 0 Å². The molecule has 0 fully saturated rings. The minimum absolute atomic E-state index is 0.0427. The number of nitrogens with two attached hydrogens (primary N) is 1. The van der Waals surface area contributed by atoms with Crippen LogP contribution in [0.15, 0.2) is 18.3 Å². The minimum Gasteiger partial charge on any atom is -0.477 e. The van der Waals surface area contributed by atoms with Gasteiger partial charge in [0.05, 0.1) is 18.4 Å². The molecule has 9 nitrogen and oxygen atoms in total. The van der Waals surface area contributed by atoms with E-state index in [1.165, 1.54) is 18.3 Å². The molecule has 0 aliphatic carbocycles. The third-order valence-electron chi connectivity index (χ3n) is 1.87. The highest BCUT2D eigenvalue weighted by molar-refractivity contribution is 5.90. The van der Waals surface area contributed by atoms with Crippen LogP contribution in [0.4, 0.5) is 15.3 Å². The summed E-state index contributed by atoms with van der Waals surface area (Å²) in [6.45, 7) is 0.0500. The first-order valence-electron chi connectivity index (χ1n) is 5.15. The molecule has 0 atom stereocenters. The van der Waals surface area contributed by atoms with Crippen molar-refractivity contribution < 1.29 is 24.2 Å². The predicted molar refractivity (Wildman–Crippen MR) is 63.8 cm³/mol. The fourth-order valence-electron chi connectivity index (χ4n) is 1.09. The number of ether oxygens (including phenoxy) is 1. The molecule has 3 amide bonds. The summed E-state index contributed by atoms with van der Waals surface area (Å²) in [6.07, 6.45) is 0.291. The number of carbonyl (C=O) groups is 3. The van der Waals surface area contributed by atoms with Crippen molar-refractivity contribution in [2.45, 2.75) is 0 Å². The van der Waals surface area contributed by atoms with Crippen LogP contribution in [0.1, 0.15) is 10.5 Å². The van der Waals surface area contributed by atoms with Crippen molar-refractivity contribution in [2.24, 2.45) is 5.73 Å². The summed E-state index contributed by atoms with van der Waals surface area (Å²) in [5.41, 5.74) is 4.93. The number of primary amides is 1. The second kappa shape index (κ2) is 6.79. The Bertz CT molecular complexity index is 473. The largest absolute Gasteiger partial charge is 0.477 e. The molecule has 5 N–H and O–H groups in total. The number of nitrogens with zero attached hydrogens (tertiary/aromatic N) is 1. The van der Waals surface area contributed by atoms with Gasteiger partial charge < -0.3 is 26.2 Å². The number of carboxylic acids is 1. The Hall–Kier alpha value is -2.84. The molecular formula is C10H12N4O5. The molecule has 0 radical (unpaired) electrons. The lowest BCUT2D eigenvalue weighted by Gasteiger charge is -2.07. The number of anilines is 1. The van der Waals surface area contributed by atoms with Crippen molar-refractivity contribution in [1.82, 2.24) is 10.3 Å². The van der Waals surface area contributed by atoms with Gasteiger partial charge in [-0.25, -0.2) is 19.4 Å². The van der Waals surface area contributed by atoms with Crippen LogP contribution in [0.2, 0.25) is 0 Å². The summed E-state index contributed by atoms with van der Waals surface area (Å²) in [5, 5.41) is 13.4. The van der Waals surface area contributed by atoms with E-state index in [0.29, 0.717) is 5.69 Å². The van der Waals surface area contributed by atoms with Crippen LogP contribution in [0.25, 0.3) is 0 Å². The standard InChI is InChI=1S/C10H12N4O5/c11-9(17)19-4-3-12-10(18)14-6-1-2-7(8(15)16)13-5-6/h1-2,5H,3-4H2,(H2,11,17)(H,15,16)(H2,12,14,18). The van der Waals surface area contributed by atoms with Crippen LogP contribution < -0.4 is 16.4 Å². The molecule has 0 unspecified atom stereocenters. The summed E-state index contributed by atoms with van der Waals surface area (Å²) in [6, 6.07) is 2.11. The van der Waals surface area contributed by atoms with Gasteiger partial charge in [0.2, 0.25) is 0 Å². The molecule has 0 spiro atoms. The fourth-order valence-corrected chi connectivity index (χ4v) is 1.09. The smallest absolute Gasteiger partial charge is 0.404 e. The second-order valence-electron chi connectivity index (χ2n) is 3.29. The highest BCUT2D eigenvalue weighted by atomic mass is 16.5. The Labute approximate surface area is 107 Å². The molecule has 1 aromatic rings. The number of carbonyl (C=O) groups excluding carboxylic acids is 2. The van der Waals surface area contributed by atoms with Gasteiger partial charge in [-0.05, 0) is 12.1 Å². The van der Waals surface area contributed by atoms with Crippen LogP contribution in [0.3, 0.4) is 0 Å². The average Bonchev–Trinajstić information content (AvgIpc) is 2.35. The average molecular weight is 268 g/mol. The summed E-state index contributed by atoms with van der Waals surface area (Å²) in [5.74, 6) is -1.15. The topological polar surface area (TPSA) is 144 Å². The molecule has 19 heavy (non-hydrogen) atoms. The molecule has 1 rings (SSSR count). The zero-order chi connectivity index (χ0) is 14.3. The number of aromatic nitrogens is 1. The van der Waals surface area contributed by atoms with E-state index in [2.05, 4.69) is 20.4 Å². The van der Waals surface area contributed by atoms with Crippen molar-refractivity contribution in [2.75, 3.05) is 18.5 Å². The van der Waals surface area contributed by atoms with E-state index in [9.17, 15) is 14.4 Å². The Morgan fingerprint density at radius 1 is 1.37 bits per heavy atom. The van der Waals surface area contributed by atoms with E-state index < -0.39 is 18.1 Å². The second-order valence-corrected chi connectivity index (χ2v) is 3.29. The Kier molecular flexibility index (Phi) is 5.08. The first-order chi connectivity index (χ1) is 8.99. The SMILES string of the molecule is NC(=O)OCCNC(=O)Nc1ccc(C(=O)O)nc1. The van der Waals surface area contributed by atoms with Gasteiger partial charge in [0, 0.05) is 0 Å². The van der Waals surface area contributed by atoms with Crippen molar-refractivity contribution in [3.8, 4) is 0 Å². The van der Waals surface area contributed by atoms with Crippen LogP contribution in [0.5, 0.6) is 0 Å². The molecule has 1 heterocycles. The van der Waals surface area contributed by atoms with E-state index in [4.69, 9.17) is 10.8 Å². The molecule has 0 saturated heterocycles. The normalized spacial score (nSPS) is 9.47. The number of amides is 3. The monoisotopic (exact) mass is 268 g/mol. The number of aromatic carboxylic acids is 1. The highest BCUT2D eigenvalue weighted by Gasteiger charge is 2.05. The molecule has 102 valence electrons. The summed E-state index contributed by atoms with van der Waals surface area (Å²) in [7, 11) is 0. The van der Waals surface area contributed by atoms with Gasteiger partial charge in [0.25, 0.3) is 0 Å². The first kappa shape index (κ1) is 14.2. The fraction of sp³-hybridized carbons (Fsp3) is 0.200. The van der Waals surface area contributed by atoms with Gasteiger partial charge >= 0.3 is 18.1 Å². The number of hydrogen-bond donors (Lipinski definition) is 4. The van der Waals surface area contributed by atoms with Crippen LogP contribution in [-0.4, -0.2) is 41.3 Å². The van der Waals surface area contributed by atoms with E-state index in [-0.39, 0.29) is 18.8 Å². The maximum atomic E-state index is 11.3. The predicted octanol–water partition coefficient (Wildman–Crippen LogP) is -0.00340. The maximum absolute atomic E-state index is 11.3. The Balaban J connectivity index is 2.35. The van der Waals surface area contributed by atoms with Crippen molar-refractivity contribution >= 4 is 23.8 Å². The van der Waals surface area contributed by atoms with E-state index in [1.807, 2.05) is 0 Å². The van der Waals surface area contributed by atoms with Gasteiger partial charge in [0.1, 0.15) is 12.3 Å². The molecule has 1 aromatic heterocycles. The zero-order valence-corrected chi connectivity index (χ0v) is 9.75. The molecule has 0 saturated carbocycles. The minimum atomic E-state index is -1.15. The number of pyridine rings is 1. The molecule has 0 bridgehead atoms. The third-order valence-corrected chi connectivity index (χ3v) is 1.87. The maximum Gasteiger partial charge on any atom is 0.404 e. The summed E-state index contributed by atoms with van der Waals surface area (Å²) >= 11 is 0. The van der Waals surface area contributed by atoms with E-state index >= 15 is 0 Å². The lowest BCUT2D eigenvalue weighted by Crippen LogP contribution is -2.32. The van der Waals surface area contributed by atoms with Crippen molar-refractivity contribution in [3.63, 3.8) is 0 Å². The lowest BCUT2D eigenvalue weighted by molar-refractivity contribution is 0.0690. The van der Waals surface area contributed by atoms with Gasteiger partial charge in [-0.3, -0.25) is 0 Å². The highest BCUT2D eigenvalue weighted by Crippen LogP contribution is 2.05. The molecule has 0 aliphatic heterocycles. The number of hydrogen-bond acceptors (Lipinski definition) is 5. The lowest BCUT2D eigenvalue weighted by atomic mass is 10.3. The molecule has 0 aromatic carbocycles. The van der Waals surface area contributed by atoms with Crippen LogP contribution >= 0.6 is 0 Å². The number of nitrogens with one attached hydrogen (secondary N) is 2. The quantitative estimate of drug-likeness (QED) is 0.553. The van der Waals surface area contributed by atoms with Crippen molar-refractivity contribution in [3.05, 3.63) is 24.0 Å². The van der Waals surface area contributed by atoms with Crippen LogP contribution in [0, 0.1) is 0 Å². The van der Waals surface area contributed by atoms with E-state index in [1.54, 1.807) is 0 Å². The summed E-state index contributed by atoms with van der Waals surface area (Å²) in [4.78, 5) is 35.7. The van der Waals surface area contributed by atoms with Gasteiger partial charge in [0.15, 0.2) is 0 Å². The molecule has 9 heteroatoms. The number of rotatable bonds is 5. The van der Waals surface area contributed by atoms with Crippen LogP contribution in [-0.2, 0) is 4.74 Å². The molecular weight excluding hydrogens is 256 g/mol. The third kappa shape index (κ3) is 5.35. The Morgan fingerprint density at radius 3 is 2.63 bits per heavy atom. The van der Waals surface area contributed by atoms with E-state index in [0.717, 1.165) is 0 Å². The Morgan fingerprint density at radius 2 is 2.11 bits per heavy atom.